The van der Waals surface area contributed by atoms with E-state index >= 15 is 0 Å². The van der Waals surface area contributed by atoms with Crippen LogP contribution in [0.1, 0.15) is 21.5 Å². The minimum atomic E-state index is -0.284. The second-order valence-electron chi connectivity index (χ2n) is 7.29. The Morgan fingerprint density at radius 2 is 1.65 bits per heavy atom. The van der Waals surface area contributed by atoms with Gasteiger partial charge >= 0.3 is 0 Å². The summed E-state index contributed by atoms with van der Waals surface area (Å²) in [4.78, 5) is 12.7. The highest BCUT2D eigenvalue weighted by Gasteiger charge is 2.13. The molecule has 4 rings (SSSR count). The number of amides is 1. The minimum Gasteiger partial charge on any atom is -0.487 e. The third-order valence-electron chi connectivity index (χ3n) is 4.78. The van der Waals surface area contributed by atoms with E-state index in [0.29, 0.717) is 54.8 Å². The second-order valence-corrected chi connectivity index (χ2v) is 9.80. The van der Waals surface area contributed by atoms with Crippen LogP contribution in [0.4, 0.5) is 5.82 Å². The Bertz CT molecular complexity index is 1340. The van der Waals surface area contributed by atoms with E-state index in [-0.39, 0.29) is 5.91 Å². The number of carbonyl (C=O) groups is 1. The van der Waals surface area contributed by atoms with Crippen molar-refractivity contribution >= 4 is 74.1 Å². The molecule has 0 spiro atoms. The predicted molar refractivity (Wildman–Crippen MR) is 141 cm³/mol. The molecule has 0 bridgehead atoms. The van der Waals surface area contributed by atoms with Crippen molar-refractivity contribution in [1.82, 2.24) is 9.78 Å². The van der Waals surface area contributed by atoms with E-state index in [1.807, 2.05) is 18.2 Å². The molecule has 10 heteroatoms. The summed E-state index contributed by atoms with van der Waals surface area (Å²) < 4.78 is 8.08. The van der Waals surface area contributed by atoms with Crippen LogP contribution in [0, 0.1) is 0 Å². The molecule has 0 saturated heterocycles. The van der Waals surface area contributed by atoms with Gasteiger partial charge in [0.25, 0.3) is 5.91 Å². The zero-order valence-electron chi connectivity index (χ0n) is 17.4. The zero-order chi connectivity index (χ0) is 24.2. The van der Waals surface area contributed by atoms with E-state index in [0.717, 1.165) is 11.1 Å². The zero-order valence-corrected chi connectivity index (χ0v) is 22.0. The first-order valence-electron chi connectivity index (χ1n) is 9.93. The van der Waals surface area contributed by atoms with Gasteiger partial charge in [0.1, 0.15) is 12.4 Å². The van der Waals surface area contributed by atoms with Crippen LogP contribution < -0.4 is 10.1 Å². The minimum absolute atomic E-state index is 0.284. The Hall–Kier alpha value is -2.22. The van der Waals surface area contributed by atoms with Crippen molar-refractivity contribution in [2.24, 2.45) is 0 Å². The normalized spacial score (nSPS) is 10.9. The van der Waals surface area contributed by atoms with Crippen molar-refractivity contribution in [2.45, 2.75) is 13.2 Å². The molecule has 0 atom stereocenters. The van der Waals surface area contributed by atoms with Gasteiger partial charge in [-0.2, -0.15) is 5.10 Å². The van der Waals surface area contributed by atoms with E-state index in [4.69, 9.17) is 51.1 Å². The Balaban J connectivity index is 1.37. The fraction of sp³-hybridized carbons (Fsp3) is 0.0833. The molecule has 5 nitrogen and oxygen atoms in total. The van der Waals surface area contributed by atoms with Gasteiger partial charge in [-0.1, -0.05) is 64.6 Å². The standard InChI is InChI=1S/C24H16BrCl4N3O2/c25-18-12-32(11-15-3-7-19(27)20(28)9-15)31-23(18)30-24(33)16-4-1-14(2-5-16)13-34-22-8-6-17(26)10-21(22)29/h1-10,12H,11,13H2,(H,30,31,33). The first-order chi connectivity index (χ1) is 16.3. The Morgan fingerprint density at radius 3 is 2.35 bits per heavy atom. The van der Waals surface area contributed by atoms with Crippen molar-refractivity contribution < 1.29 is 9.53 Å². The average molecular weight is 600 g/mol. The van der Waals surface area contributed by atoms with Gasteiger partial charge in [-0.05, 0) is 69.5 Å². The third kappa shape index (κ3) is 6.26. The summed E-state index contributed by atoms with van der Waals surface area (Å²) in [6.07, 6.45) is 1.78. The fourth-order valence-corrected chi connectivity index (χ4v) is 4.27. The molecule has 0 aliphatic heterocycles. The molecule has 4 aromatic rings. The number of anilines is 1. The van der Waals surface area contributed by atoms with Crippen molar-refractivity contribution in [2.75, 3.05) is 5.32 Å². The smallest absolute Gasteiger partial charge is 0.256 e. The van der Waals surface area contributed by atoms with Gasteiger partial charge in [0, 0.05) is 16.8 Å². The van der Waals surface area contributed by atoms with E-state index in [1.54, 1.807) is 53.3 Å². The molecule has 0 aliphatic rings. The predicted octanol–water partition coefficient (Wildman–Crippen LogP) is 8.14. The SMILES string of the molecule is O=C(Nc1nn(Cc2ccc(Cl)c(Cl)c2)cc1Br)c1ccc(COc2ccc(Cl)cc2Cl)cc1. The number of benzene rings is 3. The Kier molecular flexibility index (Phi) is 8.06. The Morgan fingerprint density at radius 1 is 0.912 bits per heavy atom. The van der Waals surface area contributed by atoms with E-state index in [1.165, 1.54) is 0 Å². The number of hydrogen-bond acceptors (Lipinski definition) is 3. The molecule has 1 heterocycles. The molecule has 0 unspecified atom stereocenters. The maximum absolute atomic E-state index is 12.7. The fourth-order valence-electron chi connectivity index (χ4n) is 3.07. The van der Waals surface area contributed by atoms with Crippen molar-refractivity contribution in [3.05, 3.63) is 108 Å². The molecular weight excluding hydrogens is 584 g/mol. The largest absolute Gasteiger partial charge is 0.487 e. The first-order valence-corrected chi connectivity index (χ1v) is 12.2. The lowest BCUT2D eigenvalue weighted by molar-refractivity contribution is 0.102. The molecule has 0 radical (unpaired) electrons. The lowest BCUT2D eigenvalue weighted by atomic mass is 10.1. The molecule has 1 N–H and O–H groups in total. The average Bonchev–Trinajstić information content (AvgIpc) is 3.14. The maximum Gasteiger partial charge on any atom is 0.256 e. The summed E-state index contributed by atoms with van der Waals surface area (Å²) >= 11 is 27.5. The summed E-state index contributed by atoms with van der Waals surface area (Å²) in [6, 6.07) is 17.5. The highest BCUT2D eigenvalue weighted by Crippen LogP contribution is 2.28. The highest BCUT2D eigenvalue weighted by molar-refractivity contribution is 9.10. The number of hydrogen-bond donors (Lipinski definition) is 1. The number of rotatable bonds is 7. The van der Waals surface area contributed by atoms with E-state index < -0.39 is 0 Å². The molecule has 0 saturated carbocycles. The maximum atomic E-state index is 12.7. The molecule has 34 heavy (non-hydrogen) atoms. The third-order valence-corrected chi connectivity index (χ3v) is 6.63. The molecule has 174 valence electrons. The number of nitrogens with zero attached hydrogens (tertiary/aromatic N) is 2. The molecule has 1 aromatic heterocycles. The number of halogens is 5. The van der Waals surface area contributed by atoms with Crippen LogP contribution >= 0.6 is 62.3 Å². The summed E-state index contributed by atoms with van der Waals surface area (Å²) in [5, 5.41) is 9.20. The molecule has 1 amide bonds. The second kappa shape index (κ2) is 11.0. The van der Waals surface area contributed by atoms with E-state index in [9.17, 15) is 4.79 Å². The topological polar surface area (TPSA) is 56.2 Å². The van der Waals surface area contributed by atoms with Crippen molar-refractivity contribution in [3.8, 4) is 5.75 Å². The van der Waals surface area contributed by atoms with Crippen LogP contribution in [0.5, 0.6) is 5.75 Å². The van der Waals surface area contributed by atoms with Crippen molar-refractivity contribution in [3.63, 3.8) is 0 Å². The van der Waals surface area contributed by atoms with Gasteiger partial charge < -0.3 is 10.1 Å². The molecule has 0 fully saturated rings. The molecule has 0 aliphatic carbocycles. The van der Waals surface area contributed by atoms with Crippen LogP contribution in [0.2, 0.25) is 20.1 Å². The van der Waals surface area contributed by atoms with Crippen LogP contribution in [0.15, 0.2) is 71.3 Å². The van der Waals surface area contributed by atoms with Gasteiger partial charge in [0.15, 0.2) is 5.82 Å². The van der Waals surface area contributed by atoms with Crippen molar-refractivity contribution in [1.29, 1.82) is 0 Å². The van der Waals surface area contributed by atoms with Crippen LogP contribution in [0.25, 0.3) is 0 Å². The van der Waals surface area contributed by atoms with Gasteiger partial charge in [-0.3, -0.25) is 9.48 Å². The number of nitrogens with one attached hydrogen (secondary N) is 1. The summed E-state index contributed by atoms with van der Waals surface area (Å²) in [6.45, 7) is 0.769. The number of carbonyl (C=O) groups excluding carboxylic acids is 1. The quantitative estimate of drug-likeness (QED) is 0.233. The van der Waals surface area contributed by atoms with Gasteiger partial charge in [0.2, 0.25) is 0 Å². The summed E-state index contributed by atoms with van der Waals surface area (Å²) in [7, 11) is 0. The summed E-state index contributed by atoms with van der Waals surface area (Å²) in [5.41, 5.74) is 2.30. The van der Waals surface area contributed by atoms with Gasteiger partial charge in [-0.25, -0.2) is 0 Å². The first kappa shape index (κ1) is 24.9. The van der Waals surface area contributed by atoms with Gasteiger partial charge in [0.05, 0.1) is 26.1 Å². The number of aromatic nitrogens is 2. The monoisotopic (exact) mass is 597 g/mol. The van der Waals surface area contributed by atoms with Gasteiger partial charge in [-0.15, -0.1) is 0 Å². The Labute approximate surface area is 224 Å². The number of ether oxygens (including phenoxy) is 1. The van der Waals surface area contributed by atoms with E-state index in [2.05, 4.69) is 26.3 Å². The molecular formula is C24H16BrCl4N3O2. The van der Waals surface area contributed by atoms with Crippen LogP contribution in [-0.2, 0) is 13.2 Å². The lowest BCUT2D eigenvalue weighted by Crippen LogP contribution is -2.13. The molecule has 3 aromatic carbocycles. The highest BCUT2D eigenvalue weighted by atomic mass is 79.9. The lowest BCUT2D eigenvalue weighted by Gasteiger charge is -2.09. The van der Waals surface area contributed by atoms with Crippen LogP contribution in [-0.4, -0.2) is 15.7 Å². The van der Waals surface area contributed by atoms with Crippen LogP contribution in [0.3, 0.4) is 0 Å². The summed E-state index contributed by atoms with van der Waals surface area (Å²) in [5.74, 6) is 0.665.